The van der Waals surface area contributed by atoms with Crippen molar-refractivity contribution < 1.29 is 13.7 Å². The standard InChI is InChI=1S/C18H15FN6O2S/c1-26-14-8-4-12(5-9-14)17-22-23-18(25(17)20)28-10-15-21-16(24-27-15)11-2-6-13(19)7-3-11/h2-9H,10,20H2,1H3. The van der Waals surface area contributed by atoms with Gasteiger partial charge in [0.05, 0.1) is 12.9 Å². The van der Waals surface area contributed by atoms with Crippen LogP contribution in [0.1, 0.15) is 5.89 Å². The lowest BCUT2D eigenvalue weighted by Crippen LogP contribution is -2.11. The summed E-state index contributed by atoms with van der Waals surface area (Å²) in [4.78, 5) is 4.31. The topological polar surface area (TPSA) is 105 Å². The van der Waals surface area contributed by atoms with E-state index >= 15 is 0 Å². The first-order chi connectivity index (χ1) is 13.6. The monoisotopic (exact) mass is 398 g/mol. The lowest BCUT2D eigenvalue weighted by molar-refractivity contribution is 0.391. The number of aromatic nitrogens is 5. The van der Waals surface area contributed by atoms with Crippen LogP contribution in [0, 0.1) is 5.82 Å². The average molecular weight is 398 g/mol. The number of rotatable bonds is 6. The Bertz CT molecular complexity index is 1080. The molecule has 10 heteroatoms. The molecule has 0 bridgehead atoms. The van der Waals surface area contributed by atoms with E-state index in [9.17, 15) is 4.39 Å². The molecule has 2 aromatic carbocycles. The van der Waals surface area contributed by atoms with Crippen molar-refractivity contribution in [2.45, 2.75) is 10.9 Å². The second kappa shape index (κ2) is 7.69. The van der Waals surface area contributed by atoms with Gasteiger partial charge in [-0.3, -0.25) is 0 Å². The SMILES string of the molecule is COc1ccc(-c2nnc(SCc3nc(-c4ccc(F)cc4)no3)n2N)cc1. The van der Waals surface area contributed by atoms with Crippen LogP contribution in [0.3, 0.4) is 0 Å². The van der Waals surface area contributed by atoms with E-state index in [1.165, 1.54) is 28.6 Å². The van der Waals surface area contributed by atoms with Gasteiger partial charge in [-0.15, -0.1) is 10.2 Å². The lowest BCUT2D eigenvalue weighted by atomic mass is 10.2. The Hall–Kier alpha value is -3.40. The van der Waals surface area contributed by atoms with E-state index in [0.717, 1.165) is 11.3 Å². The van der Waals surface area contributed by atoms with Crippen molar-refractivity contribution in [1.82, 2.24) is 25.0 Å². The Labute approximate surface area is 163 Å². The van der Waals surface area contributed by atoms with Gasteiger partial charge < -0.3 is 15.1 Å². The Morgan fingerprint density at radius 3 is 2.50 bits per heavy atom. The van der Waals surface area contributed by atoms with Gasteiger partial charge in [0.1, 0.15) is 11.6 Å². The van der Waals surface area contributed by atoms with E-state index < -0.39 is 0 Å². The summed E-state index contributed by atoms with van der Waals surface area (Å²) >= 11 is 1.32. The van der Waals surface area contributed by atoms with Gasteiger partial charge >= 0.3 is 0 Å². The summed E-state index contributed by atoms with van der Waals surface area (Å²) in [5, 5.41) is 12.7. The molecule has 142 valence electrons. The molecule has 0 aliphatic heterocycles. The first-order valence-electron chi connectivity index (χ1n) is 8.20. The number of hydrogen-bond acceptors (Lipinski definition) is 8. The van der Waals surface area contributed by atoms with Gasteiger partial charge in [0.15, 0.2) is 5.82 Å². The third-order valence-corrected chi connectivity index (χ3v) is 4.84. The number of thioether (sulfide) groups is 1. The third-order valence-electron chi connectivity index (χ3n) is 3.91. The molecule has 0 radical (unpaired) electrons. The number of nitrogens with two attached hydrogens (primary N) is 1. The van der Waals surface area contributed by atoms with Crippen molar-refractivity contribution in [3.63, 3.8) is 0 Å². The number of benzene rings is 2. The molecular weight excluding hydrogens is 383 g/mol. The van der Waals surface area contributed by atoms with Gasteiger partial charge in [0, 0.05) is 11.1 Å². The number of methoxy groups -OCH3 is 1. The van der Waals surface area contributed by atoms with E-state index in [0.29, 0.717) is 34.0 Å². The van der Waals surface area contributed by atoms with E-state index in [-0.39, 0.29) is 5.82 Å². The highest BCUT2D eigenvalue weighted by atomic mass is 32.2. The summed E-state index contributed by atoms with van der Waals surface area (Å²) in [6, 6.07) is 13.2. The first-order valence-corrected chi connectivity index (χ1v) is 9.19. The molecule has 0 saturated carbocycles. The molecular formula is C18H15FN6O2S. The zero-order valence-corrected chi connectivity index (χ0v) is 15.6. The zero-order chi connectivity index (χ0) is 19.5. The van der Waals surface area contributed by atoms with Crippen LogP contribution < -0.4 is 10.6 Å². The van der Waals surface area contributed by atoms with Gasteiger partial charge in [-0.05, 0) is 48.5 Å². The first kappa shape index (κ1) is 18.0. The maximum atomic E-state index is 13.0. The van der Waals surface area contributed by atoms with Gasteiger partial charge in [-0.25, -0.2) is 9.07 Å². The Kier molecular flexibility index (Phi) is 4.94. The van der Waals surface area contributed by atoms with Gasteiger partial charge in [-0.1, -0.05) is 16.9 Å². The molecule has 2 N–H and O–H groups in total. The van der Waals surface area contributed by atoms with Crippen LogP contribution in [0.5, 0.6) is 5.75 Å². The quantitative estimate of drug-likeness (QED) is 0.390. The molecule has 2 aromatic heterocycles. The summed E-state index contributed by atoms with van der Waals surface area (Å²) in [5.41, 5.74) is 1.49. The minimum Gasteiger partial charge on any atom is -0.497 e. The normalized spacial score (nSPS) is 10.9. The molecule has 0 amide bonds. The second-order valence-electron chi connectivity index (χ2n) is 5.71. The fourth-order valence-corrected chi connectivity index (χ4v) is 3.16. The fourth-order valence-electron chi connectivity index (χ4n) is 2.47. The van der Waals surface area contributed by atoms with Crippen molar-refractivity contribution in [2.24, 2.45) is 0 Å². The number of nitrogens with zero attached hydrogens (tertiary/aromatic N) is 5. The largest absolute Gasteiger partial charge is 0.497 e. The number of nitrogen functional groups attached to an aromatic ring is 1. The number of halogens is 1. The molecule has 0 unspecified atom stereocenters. The van der Waals surface area contributed by atoms with Crippen LogP contribution in [0.25, 0.3) is 22.8 Å². The molecule has 4 rings (SSSR count). The van der Waals surface area contributed by atoms with Gasteiger partial charge in [0.2, 0.25) is 16.9 Å². The molecule has 28 heavy (non-hydrogen) atoms. The van der Waals surface area contributed by atoms with Crippen molar-refractivity contribution in [3.8, 4) is 28.5 Å². The van der Waals surface area contributed by atoms with Crippen LogP contribution in [0.15, 0.2) is 58.2 Å². The second-order valence-corrected chi connectivity index (χ2v) is 6.65. The van der Waals surface area contributed by atoms with E-state index in [2.05, 4.69) is 20.3 Å². The van der Waals surface area contributed by atoms with Crippen LogP contribution in [-0.2, 0) is 5.75 Å². The minimum absolute atomic E-state index is 0.321. The van der Waals surface area contributed by atoms with Crippen LogP contribution >= 0.6 is 11.8 Å². The Morgan fingerprint density at radius 1 is 1.07 bits per heavy atom. The molecule has 4 aromatic rings. The van der Waals surface area contributed by atoms with Crippen molar-refractivity contribution >= 4 is 11.8 Å². The van der Waals surface area contributed by atoms with E-state index in [4.69, 9.17) is 15.1 Å². The number of hydrogen-bond donors (Lipinski definition) is 1. The molecule has 0 saturated heterocycles. The molecule has 0 aliphatic rings. The van der Waals surface area contributed by atoms with Crippen LogP contribution in [0.2, 0.25) is 0 Å². The van der Waals surface area contributed by atoms with Gasteiger partial charge in [0.25, 0.3) is 0 Å². The number of ether oxygens (including phenoxy) is 1. The zero-order valence-electron chi connectivity index (χ0n) is 14.7. The molecule has 0 atom stereocenters. The summed E-state index contributed by atoms with van der Waals surface area (Å²) in [6.45, 7) is 0. The van der Waals surface area contributed by atoms with Crippen molar-refractivity contribution in [2.75, 3.05) is 13.0 Å². The van der Waals surface area contributed by atoms with Crippen LogP contribution in [0.4, 0.5) is 4.39 Å². The molecule has 2 heterocycles. The molecule has 0 fully saturated rings. The summed E-state index contributed by atoms with van der Waals surface area (Å²) in [5.74, 6) is 8.23. The maximum absolute atomic E-state index is 13.0. The molecule has 8 nitrogen and oxygen atoms in total. The van der Waals surface area contributed by atoms with Crippen molar-refractivity contribution in [1.29, 1.82) is 0 Å². The highest BCUT2D eigenvalue weighted by Gasteiger charge is 2.15. The van der Waals surface area contributed by atoms with Crippen molar-refractivity contribution in [3.05, 3.63) is 60.2 Å². The maximum Gasteiger partial charge on any atom is 0.237 e. The fraction of sp³-hybridized carbons (Fsp3) is 0.111. The lowest BCUT2D eigenvalue weighted by Gasteiger charge is -2.04. The molecule has 0 aliphatic carbocycles. The Balaban J connectivity index is 1.45. The van der Waals surface area contributed by atoms with Crippen LogP contribution in [-0.4, -0.2) is 32.1 Å². The summed E-state index contributed by atoms with van der Waals surface area (Å²) in [6.07, 6.45) is 0. The minimum atomic E-state index is -0.321. The van der Waals surface area contributed by atoms with E-state index in [1.807, 2.05) is 24.3 Å². The average Bonchev–Trinajstić information content (AvgIpc) is 3.34. The van der Waals surface area contributed by atoms with Gasteiger partial charge in [-0.2, -0.15) is 4.98 Å². The highest BCUT2D eigenvalue weighted by molar-refractivity contribution is 7.98. The molecule has 0 spiro atoms. The Morgan fingerprint density at radius 2 is 1.79 bits per heavy atom. The third kappa shape index (κ3) is 3.67. The predicted molar refractivity (Wildman–Crippen MR) is 101 cm³/mol. The predicted octanol–water partition coefficient (Wildman–Crippen LogP) is 3.15. The summed E-state index contributed by atoms with van der Waals surface area (Å²) in [7, 11) is 1.61. The van der Waals surface area contributed by atoms with E-state index in [1.54, 1.807) is 19.2 Å². The highest BCUT2D eigenvalue weighted by Crippen LogP contribution is 2.26. The summed E-state index contributed by atoms with van der Waals surface area (Å²) < 4.78 is 24.8. The smallest absolute Gasteiger partial charge is 0.237 e.